The lowest BCUT2D eigenvalue weighted by Gasteiger charge is -2.36. The minimum atomic E-state index is -0.929. The van der Waals surface area contributed by atoms with E-state index in [1.165, 1.54) is 141 Å². The number of rotatable bonds is 34. The first-order valence-electron chi connectivity index (χ1n) is 19.5. The molecule has 0 aromatic heterocycles. The molecule has 0 amide bonds. The molecule has 0 aliphatic carbocycles. The molecule has 0 heterocycles. The monoisotopic (exact) mass is 616 g/mol. The van der Waals surface area contributed by atoms with E-state index in [0.29, 0.717) is 19.3 Å². The third-order valence-corrected chi connectivity index (χ3v) is 9.53. The van der Waals surface area contributed by atoms with Crippen LogP contribution in [0.2, 0.25) is 0 Å². The number of likely N-dealkylation sites (N-methyl/N-ethyl adjacent to an activating group) is 1. The summed E-state index contributed by atoms with van der Waals surface area (Å²) in [6.07, 6.45) is 43.6. The van der Waals surface area contributed by atoms with Crippen LogP contribution in [0.15, 0.2) is 24.3 Å². The van der Waals surface area contributed by atoms with Gasteiger partial charge in [0.1, 0.15) is 5.54 Å². The van der Waals surface area contributed by atoms with Crippen LogP contribution in [-0.4, -0.2) is 36.1 Å². The van der Waals surface area contributed by atoms with Gasteiger partial charge in [-0.3, -0.25) is 14.5 Å². The Balaban J connectivity index is 4.04. The number of nitrogens with zero attached hydrogens (tertiary/aromatic N) is 1. The zero-order chi connectivity index (χ0) is 32.6. The highest BCUT2D eigenvalue weighted by Crippen LogP contribution is 2.26. The van der Waals surface area contributed by atoms with Gasteiger partial charge in [-0.05, 0) is 84.7 Å². The van der Waals surface area contributed by atoms with Crippen molar-refractivity contribution in [3.63, 3.8) is 0 Å². The van der Waals surface area contributed by atoms with E-state index in [2.05, 4.69) is 38.2 Å². The molecule has 0 spiro atoms. The molecule has 3 heteroatoms. The van der Waals surface area contributed by atoms with E-state index in [0.717, 1.165) is 25.7 Å². The molecule has 3 nitrogen and oxygen atoms in total. The Bertz CT molecular complexity index is 655. The van der Waals surface area contributed by atoms with Crippen molar-refractivity contribution in [2.75, 3.05) is 14.1 Å². The van der Waals surface area contributed by atoms with Crippen LogP contribution in [0.1, 0.15) is 207 Å². The van der Waals surface area contributed by atoms with Gasteiger partial charge in [-0.2, -0.15) is 0 Å². The van der Waals surface area contributed by atoms with Gasteiger partial charge < -0.3 is 0 Å². The predicted molar refractivity (Wildman–Crippen MR) is 196 cm³/mol. The van der Waals surface area contributed by atoms with Crippen LogP contribution in [0.4, 0.5) is 0 Å². The summed E-state index contributed by atoms with van der Waals surface area (Å²) in [4.78, 5) is 28.7. The molecular formula is C41H77NO2. The molecule has 258 valence electrons. The fourth-order valence-corrected chi connectivity index (χ4v) is 6.49. The van der Waals surface area contributed by atoms with Gasteiger partial charge in [0.15, 0.2) is 11.6 Å². The van der Waals surface area contributed by atoms with E-state index in [1.54, 1.807) is 0 Å². The normalized spacial score (nSPS) is 13.4. The molecule has 0 aromatic rings. The summed E-state index contributed by atoms with van der Waals surface area (Å²) < 4.78 is 0. The van der Waals surface area contributed by atoms with Gasteiger partial charge in [0.2, 0.25) is 0 Å². The van der Waals surface area contributed by atoms with Gasteiger partial charge in [0, 0.05) is 12.8 Å². The first kappa shape index (κ1) is 42.8. The van der Waals surface area contributed by atoms with E-state index in [1.807, 2.05) is 25.9 Å². The molecule has 0 rings (SSSR count). The highest BCUT2D eigenvalue weighted by molar-refractivity contribution is 6.11. The molecule has 0 atom stereocenters. The first-order valence-corrected chi connectivity index (χ1v) is 19.5. The summed E-state index contributed by atoms with van der Waals surface area (Å²) in [6, 6.07) is 0. The second-order valence-electron chi connectivity index (χ2n) is 13.6. The number of Topliss-reactive ketones (excluding diaryl/α,β-unsaturated/α-hetero) is 2. The lowest BCUT2D eigenvalue weighted by atomic mass is 9.80. The molecule has 0 aliphatic rings. The van der Waals surface area contributed by atoms with E-state index < -0.39 is 5.54 Å². The summed E-state index contributed by atoms with van der Waals surface area (Å²) >= 11 is 0. The molecule has 0 fully saturated rings. The van der Waals surface area contributed by atoms with Crippen molar-refractivity contribution >= 4 is 11.6 Å². The number of ketones is 2. The minimum Gasteiger partial charge on any atom is -0.297 e. The summed E-state index contributed by atoms with van der Waals surface area (Å²) in [6.45, 7) is 6.55. The molecule has 44 heavy (non-hydrogen) atoms. The molecule has 0 unspecified atom stereocenters. The van der Waals surface area contributed by atoms with Gasteiger partial charge in [0.05, 0.1) is 0 Å². The summed E-state index contributed by atoms with van der Waals surface area (Å²) in [5.41, 5.74) is -0.929. The molecule has 0 N–H and O–H groups in total. The minimum absolute atomic E-state index is 0.139. The van der Waals surface area contributed by atoms with Crippen molar-refractivity contribution in [1.29, 1.82) is 0 Å². The molecule has 0 aromatic carbocycles. The van der Waals surface area contributed by atoms with Crippen molar-refractivity contribution in [2.24, 2.45) is 0 Å². The molecule has 0 radical (unpaired) electrons. The molecule has 0 saturated carbocycles. The van der Waals surface area contributed by atoms with Gasteiger partial charge in [-0.15, -0.1) is 0 Å². The highest BCUT2D eigenvalue weighted by atomic mass is 16.2. The lowest BCUT2D eigenvalue weighted by Crippen LogP contribution is -2.56. The predicted octanol–water partition coefficient (Wildman–Crippen LogP) is 12.9. The molecular weight excluding hydrogens is 538 g/mol. The third kappa shape index (κ3) is 22.3. The van der Waals surface area contributed by atoms with Crippen molar-refractivity contribution < 1.29 is 9.59 Å². The number of carbonyl (C=O) groups excluding carboxylic acids is 2. The van der Waals surface area contributed by atoms with Gasteiger partial charge >= 0.3 is 0 Å². The summed E-state index contributed by atoms with van der Waals surface area (Å²) in [5.74, 6) is 0.278. The Kier molecular flexibility index (Phi) is 30.9. The van der Waals surface area contributed by atoms with Crippen LogP contribution in [-0.2, 0) is 9.59 Å². The van der Waals surface area contributed by atoms with Crippen molar-refractivity contribution in [3.8, 4) is 0 Å². The Morgan fingerprint density at radius 3 is 0.977 bits per heavy atom. The zero-order valence-corrected chi connectivity index (χ0v) is 30.6. The van der Waals surface area contributed by atoms with E-state index >= 15 is 0 Å². The molecule has 0 saturated heterocycles. The van der Waals surface area contributed by atoms with Crippen LogP contribution in [0.5, 0.6) is 0 Å². The lowest BCUT2D eigenvalue weighted by molar-refractivity contribution is -0.142. The van der Waals surface area contributed by atoms with Crippen LogP contribution >= 0.6 is 0 Å². The SMILES string of the molecule is CCCCCCCCC=CCCCCCCCC(=O)C(CC)(C(=O)CCCCCCCC=CCCCCCCCC)N(C)C. The van der Waals surface area contributed by atoms with E-state index in [4.69, 9.17) is 0 Å². The second kappa shape index (κ2) is 31.7. The van der Waals surface area contributed by atoms with Crippen LogP contribution in [0.3, 0.4) is 0 Å². The van der Waals surface area contributed by atoms with Crippen molar-refractivity contribution in [1.82, 2.24) is 4.90 Å². The number of unbranched alkanes of at least 4 members (excludes halogenated alkanes) is 22. The van der Waals surface area contributed by atoms with E-state index in [-0.39, 0.29) is 11.6 Å². The first-order chi connectivity index (χ1) is 21.5. The van der Waals surface area contributed by atoms with E-state index in [9.17, 15) is 9.59 Å². The fraction of sp³-hybridized carbons (Fsp3) is 0.854. The second-order valence-corrected chi connectivity index (χ2v) is 13.6. The maximum Gasteiger partial charge on any atom is 0.160 e. The Morgan fingerprint density at radius 1 is 0.432 bits per heavy atom. The maximum atomic E-state index is 13.4. The van der Waals surface area contributed by atoms with Gasteiger partial charge in [0.25, 0.3) is 0 Å². The third-order valence-electron chi connectivity index (χ3n) is 9.53. The largest absolute Gasteiger partial charge is 0.297 e. The van der Waals surface area contributed by atoms with Crippen LogP contribution in [0.25, 0.3) is 0 Å². The summed E-state index contributed by atoms with van der Waals surface area (Å²) in [5, 5.41) is 0. The van der Waals surface area contributed by atoms with Crippen molar-refractivity contribution in [3.05, 3.63) is 24.3 Å². The quantitative estimate of drug-likeness (QED) is 0.0410. The van der Waals surface area contributed by atoms with Crippen molar-refractivity contribution in [2.45, 2.75) is 213 Å². The van der Waals surface area contributed by atoms with Gasteiger partial charge in [-0.25, -0.2) is 0 Å². The fourth-order valence-electron chi connectivity index (χ4n) is 6.49. The molecule has 0 bridgehead atoms. The summed E-state index contributed by atoms with van der Waals surface area (Å²) in [7, 11) is 3.83. The Labute approximate surface area is 276 Å². The average Bonchev–Trinajstić information content (AvgIpc) is 3.01. The Hall–Kier alpha value is -1.22. The topological polar surface area (TPSA) is 37.4 Å². The van der Waals surface area contributed by atoms with Crippen LogP contribution in [0, 0.1) is 0 Å². The maximum absolute atomic E-state index is 13.4. The van der Waals surface area contributed by atoms with Gasteiger partial charge in [-0.1, -0.05) is 148 Å². The Morgan fingerprint density at radius 2 is 0.705 bits per heavy atom. The highest BCUT2D eigenvalue weighted by Gasteiger charge is 2.44. The number of allylic oxidation sites excluding steroid dienone is 4. The average molecular weight is 616 g/mol. The van der Waals surface area contributed by atoms with Crippen LogP contribution < -0.4 is 0 Å². The zero-order valence-electron chi connectivity index (χ0n) is 30.6. The number of hydrogen-bond acceptors (Lipinski definition) is 3. The smallest absolute Gasteiger partial charge is 0.160 e. The molecule has 0 aliphatic heterocycles. The standard InChI is InChI=1S/C41H77NO2/c1-6-9-11-13-15-17-19-21-23-25-27-29-31-33-35-37-39(43)41(8-3,42(4)5)40(44)38-36-34-32-30-28-26-24-22-20-18-16-14-12-10-7-2/h21-24H,6-20,25-38H2,1-5H3. The number of carbonyl (C=O) groups is 2. The number of hydrogen-bond donors (Lipinski definition) is 0.